The van der Waals surface area contributed by atoms with E-state index in [9.17, 15) is 22.0 Å². The first-order valence-corrected chi connectivity index (χ1v) is 11.7. The standard InChI is InChI=1S/C19H20F2N2O3S2/c1-28(25,26)22-11-7-8-23(10-11)19(24)13-9-12(13)16-5-6-17(27-16)18-14(20)3-2-4-15(18)21/h2-6,11-13,22H,7-10H2,1H3. The Hall–Kier alpha value is -1.84. The highest BCUT2D eigenvalue weighted by Crippen LogP contribution is 2.52. The van der Waals surface area contributed by atoms with E-state index in [-0.39, 0.29) is 29.3 Å². The molecule has 5 nitrogen and oxygen atoms in total. The zero-order chi connectivity index (χ0) is 20.1. The maximum absolute atomic E-state index is 14.0. The monoisotopic (exact) mass is 426 g/mol. The van der Waals surface area contributed by atoms with Crippen LogP contribution in [0.25, 0.3) is 10.4 Å². The Bertz CT molecular complexity index is 1000. The predicted octanol–water partition coefficient (Wildman–Crippen LogP) is 2.95. The van der Waals surface area contributed by atoms with Gasteiger partial charge in [0.1, 0.15) is 11.6 Å². The number of likely N-dealkylation sites (tertiary alicyclic amines) is 1. The Morgan fingerprint density at radius 2 is 1.93 bits per heavy atom. The maximum atomic E-state index is 14.0. The molecule has 0 spiro atoms. The summed E-state index contributed by atoms with van der Waals surface area (Å²) in [6.07, 6.45) is 2.42. The van der Waals surface area contributed by atoms with Crippen LogP contribution in [0.2, 0.25) is 0 Å². The van der Waals surface area contributed by atoms with Gasteiger partial charge in [0, 0.05) is 40.7 Å². The number of amides is 1. The third-order valence-corrected chi connectivity index (χ3v) is 7.19. The quantitative estimate of drug-likeness (QED) is 0.800. The minimum Gasteiger partial charge on any atom is -0.341 e. The van der Waals surface area contributed by atoms with Crippen molar-refractivity contribution in [3.63, 3.8) is 0 Å². The van der Waals surface area contributed by atoms with Gasteiger partial charge in [0.25, 0.3) is 0 Å². The lowest BCUT2D eigenvalue weighted by Gasteiger charge is -2.16. The number of nitrogens with zero attached hydrogens (tertiary/aromatic N) is 1. The van der Waals surface area contributed by atoms with Gasteiger partial charge in [0.15, 0.2) is 0 Å². The highest BCUT2D eigenvalue weighted by molar-refractivity contribution is 7.88. The topological polar surface area (TPSA) is 66.5 Å². The van der Waals surface area contributed by atoms with Crippen molar-refractivity contribution in [1.82, 2.24) is 9.62 Å². The first-order valence-electron chi connectivity index (χ1n) is 9.03. The Kier molecular flexibility index (Phi) is 5.01. The molecule has 2 aliphatic rings. The van der Waals surface area contributed by atoms with E-state index in [0.29, 0.717) is 30.8 Å². The Morgan fingerprint density at radius 1 is 1.21 bits per heavy atom. The Morgan fingerprint density at radius 3 is 2.61 bits per heavy atom. The number of nitrogens with one attached hydrogen (secondary N) is 1. The molecule has 1 aromatic heterocycles. The summed E-state index contributed by atoms with van der Waals surface area (Å²) in [6, 6.07) is 7.09. The van der Waals surface area contributed by atoms with E-state index in [1.165, 1.54) is 29.5 Å². The summed E-state index contributed by atoms with van der Waals surface area (Å²) in [7, 11) is -3.29. The Labute approximate surface area is 166 Å². The number of carbonyl (C=O) groups is 1. The third-order valence-electron chi connectivity index (χ3n) is 5.19. The van der Waals surface area contributed by atoms with Gasteiger partial charge in [-0.25, -0.2) is 21.9 Å². The molecule has 1 saturated carbocycles. The van der Waals surface area contributed by atoms with Gasteiger partial charge in [0.2, 0.25) is 15.9 Å². The third kappa shape index (κ3) is 3.97. The molecule has 1 aliphatic carbocycles. The molecule has 28 heavy (non-hydrogen) atoms. The highest BCUT2D eigenvalue weighted by Gasteiger charge is 2.47. The number of rotatable bonds is 5. The van der Waals surface area contributed by atoms with Crippen molar-refractivity contribution >= 4 is 27.3 Å². The fraction of sp³-hybridized carbons (Fsp3) is 0.421. The second-order valence-corrected chi connectivity index (χ2v) is 10.3. The molecule has 9 heteroatoms. The predicted molar refractivity (Wildman–Crippen MR) is 103 cm³/mol. The molecule has 1 amide bonds. The second-order valence-electron chi connectivity index (χ2n) is 7.41. The smallest absolute Gasteiger partial charge is 0.226 e. The van der Waals surface area contributed by atoms with Gasteiger partial charge in [-0.05, 0) is 37.1 Å². The molecular formula is C19H20F2N2O3S2. The van der Waals surface area contributed by atoms with Crippen molar-refractivity contribution in [2.24, 2.45) is 5.92 Å². The van der Waals surface area contributed by atoms with E-state index in [4.69, 9.17) is 0 Å². The summed E-state index contributed by atoms with van der Waals surface area (Å²) in [5.41, 5.74) is -0.0310. The molecule has 2 fully saturated rings. The number of carbonyl (C=O) groups excluding carboxylic acids is 1. The lowest BCUT2D eigenvalue weighted by molar-refractivity contribution is -0.131. The first kappa shape index (κ1) is 19.5. The molecule has 1 saturated heterocycles. The number of halogens is 2. The fourth-order valence-electron chi connectivity index (χ4n) is 3.80. The Balaban J connectivity index is 1.41. The van der Waals surface area contributed by atoms with Crippen LogP contribution in [0, 0.1) is 17.6 Å². The van der Waals surface area contributed by atoms with Gasteiger partial charge < -0.3 is 4.90 Å². The molecule has 4 rings (SSSR count). The van der Waals surface area contributed by atoms with Crippen molar-refractivity contribution in [3.8, 4) is 10.4 Å². The highest BCUT2D eigenvalue weighted by atomic mass is 32.2. The van der Waals surface area contributed by atoms with Crippen LogP contribution in [0.3, 0.4) is 0 Å². The molecule has 0 bridgehead atoms. The summed E-state index contributed by atoms with van der Waals surface area (Å²) < 4.78 is 53.2. The normalized spacial score (nSPS) is 24.5. The van der Waals surface area contributed by atoms with E-state index < -0.39 is 21.7 Å². The lowest BCUT2D eigenvalue weighted by Crippen LogP contribution is -2.38. The van der Waals surface area contributed by atoms with E-state index in [1.807, 2.05) is 6.07 Å². The van der Waals surface area contributed by atoms with E-state index >= 15 is 0 Å². The zero-order valence-electron chi connectivity index (χ0n) is 15.2. The largest absolute Gasteiger partial charge is 0.341 e. The number of sulfonamides is 1. The van der Waals surface area contributed by atoms with E-state index in [2.05, 4.69) is 4.72 Å². The minimum absolute atomic E-state index is 0.0230. The number of thiophene rings is 1. The van der Waals surface area contributed by atoms with Crippen LogP contribution in [0.5, 0.6) is 0 Å². The van der Waals surface area contributed by atoms with Gasteiger partial charge in [-0.2, -0.15) is 0 Å². The van der Waals surface area contributed by atoms with Crippen LogP contribution in [-0.4, -0.2) is 44.6 Å². The summed E-state index contributed by atoms with van der Waals surface area (Å²) in [4.78, 5) is 15.9. The van der Waals surface area contributed by atoms with Crippen LogP contribution >= 0.6 is 11.3 Å². The summed E-state index contributed by atoms with van der Waals surface area (Å²) in [5.74, 6) is -1.26. The number of hydrogen-bond acceptors (Lipinski definition) is 4. The summed E-state index contributed by atoms with van der Waals surface area (Å²) in [5, 5.41) is 0. The van der Waals surface area contributed by atoms with Crippen LogP contribution in [0.4, 0.5) is 8.78 Å². The van der Waals surface area contributed by atoms with Gasteiger partial charge in [-0.15, -0.1) is 11.3 Å². The van der Waals surface area contributed by atoms with E-state index in [0.717, 1.165) is 11.1 Å². The van der Waals surface area contributed by atoms with Crippen molar-refractivity contribution in [3.05, 3.63) is 46.8 Å². The molecule has 1 N–H and O–H groups in total. The van der Waals surface area contributed by atoms with Crippen molar-refractivity contribution in [2.45, 2.75) is 24.8 Å². The fourth-order valence-corrected chi connectivity index (χ4v) is 5.83. The molecule has 0 radical (unpaired) electrons. The first-order chi connectivity index (χ1) is 13.2. The lowest BCUT2D eigenvalue weighted by atomic mass is 10.1. The summed E-state index contributed by atoms with van der Waals surface area (Å²) >= 11 is 1.31. The van der Waals surface area contributed by atoms with Crippen LogP contribution in [0.15, 0.2) is 30.3 Å². The molecule has 3 unspecified atom stereocenters. The molecular weight excluding hydrogens is 406 g/mol. The average molecular weight is 427 g/mol. The second kappa shape index (κ2) is 7.20. The number of hydrogen-bond donors (Lipinski definition) is 1. The van der Waals surface area contributed by atoms with E-state index in [1.54, 1.807) is 11.0 Å². The van der Waals surface area contributed by atoms with Gasteiger partial charge in [-0.3, -0.25) is 4.79 Å². The SMILES string of the molecule is CS(=O)(=O)NC1CCN(C(=O)C2CC2c2ccc(-c3c(F)cccc3F)s2)C1. The van der Waals surface area contributed by atoms with Gasteiger partial charge in [0.05, 0.1) is 11.8 Å². The van der Waals surface area contributed by atoms with Crippen molar-refractivity contribution in [2.75, 3.05) is 19.3 Å². The molecule has 1 aromatic carbocycles. The zero-order valence-corrected chi connectivity index (χ0v) is 16.8. The van der Waals surface area contributed by atoms with Crippen LogP contribution in [-0.2, 0) is 14.8 Å². The van der Waals surface area contributed by atoms with Crippen LogP contribution < -0.4 is 4.72 Å². The van der Waals surface area contributed by atoms with Crippen LogP contribution in [0.1, 0.15) is 23.6 Å². The van der Waals surface area contributed by atoms with Gasteiger partial charge in [-0.1, -0.05) is 6.07 Å². The summed E-state index contributed by atoms with van der Waals surface area (Å²) in [6.45, 7) is 0.913. The minimum atomic E-state index is -3.29. The van der Waals surface area contributed by atoms with Crippen molar-refractivity contribution < 1.29 is 22.0 Å². The maximum Gasteiger partial charge on any atom is 0.226 e. The average Bonchev–Trinajstić information content (AvgIpc) is 3.02. The van der Waals surface area contributed by atoms with Gasteiger partial charge >= 0.3 is 0 Å². The molecule has 2 heterocycles. The molecule has 3 atom stereocenters. The number of benzene rings is 1. The molecule has 2 aromatic rings. The molecule has 1 aliphatic heterocycles. The van der Waals surface area contributed by atoms with Crippen molar-refractivity contribution in [1.29, 1.82) is 0 Å². The molecule has 150 valence electrons.